The predicted molar refractivity (Wildman–Crippen MR) is 92.6 cm³/mol. The quantitative estimate of drug-likeness (QED) is 0.779. The standard InChI is InChI=1S/C16H19N5O3S/c1-16(2,3)13-18-19-14(25-13)21-11(9-20(4)15(21)23)24-12(22)10-5-7-17-8-6-10/h5-8,11H,9H2,1-4H3. The molecule has 2 aromatic heterocycles. The van der Waals surface area contributed by atoms with Crippen molar-refractivity contribution < 1.29 is 14.3 Å². The van der Waals surface area contributed by atoms with Crippen LogP contribution in [0.5, 0.6) is 0 Å². The van der Waals surface area contributed by atoms with Crippen LogP contribution < -0.4 is 4.90 Å². The molecule has 0 saturated carbocycles. The third-order valence-electron chi connectivity index (χ3n) is 3.67. The Morgan fingerprint density at radius 1 is 1.28 bits per heavy atom. The third kappa shape index (κ3) is 3.46. The molecular weight excluding hydrogens is 342 g/mol. The van der Waals surface area contributed by atoms with Crippen LogP contribution in [0.4, 0.5) is 9.93 Å². The van der Waals surface area contributed by atoms with E-state index in [2.05, 4.69) is 15.2 Å². The second kappa shape index (κ2) is 6.40. The minimum atomic E-state index is -0.751. The summed E-state index contributed by atoms with van der Waals surface area (Å²) in [6.07, 6.45) is 2.28. The normalized spacial score (nSPS) is 17.9. The van der Waals surface area contributed by atoms with Gasteiger partial charge in [0.1, 0.15) is 5.01 Å². The van der Waals surface area contributed by atoms with Gasteiger partial charge in [0.2, 0.25) is 11.4 Å². The van der Waals surface area contributed by atoms with E-state index in [1.165, 1.54) is 33.5 Å². The molecule has 3 heterocycles. The van der Waals surface area contributed by atoms with Crippen LogP contribution in [0.2, 0.25) is 0 Å². The van der Waals surface area contributed by atoms with E-state index in [0.717, 1.165) is 5.01 Å². The number of likely N-dealkylation sites (N-methyl/N-ethyl adjacent to an activating group) is 1. The lowest BCUT2D eigenvalue weighted by Crippen LogP contribution is -2.37. The molecule has 1 fully saturated rings. The fourth-order valence-corrected chi connectivity index (χ4v) is 3.23. The average molecular weight is 361 g/mol. The zero-order chi connectivity index (χ0) is 18.2. The van der Waals surface area contributed by atoms with Crippen molar-refractivity contribution in [3.05, 3.63) is 35.1 Å². The fourth-order valence-electron chi connectivity index (χ4n) is 2.29. The highest BCUT2D eigenvalue weighted by atomic mass is 32.1. The van der Waals surface area contributed by atoms with Gasteiger partial charge in [0.05, 0.1) is 12.1 Å². The molecule has 9 heteroatoms. The van der Waals surface area contributed by atoms with E-state index in [0.29, 0.717) is 10.7 Å². The molecule has 0 aromatic carbocycles. The smallest absolute Gasteiger partial charge is 0.340 e. The SMILES string of the molecule is CN1CC(OC(=O)c2ccncc2)N(c2nnc(C(C)(C)C)s2)C1=O. The number of nitrogens with zero attached hydrogens (tertiary/aromatic N) is 5. The number of anilines is 1. The zero-order valence-corrected chi connectivity index (χ0v) is 15.3. The number of aromatic nitrogens is 3. The van der Waals surface area contributed by atoms with Gasteiger partial charge in [-0.3, -0.25) is 4.98 Å². The van der Waals surface area contributed by atoms with Gasteiger partial charge in [-0.05, 0) is 12.1 Å². The molecular formula is C16H19N5O3S. The number of carbonyl (C=O) groups excluding carboxylic acids is 2. The summed E-state index contributed by atoms with van der Waals surface area (Å²) in [5.41, 5.74) is 0.206. The molecule has 1 unspecified atom stereocenters. The van der Waals surface area contributed by atoms with E-state index in [9.17, 15) is 9.59 Å². The lowest BCUT2D eigenvalue weighted by Gasteiger charge is -2.20. The summed E-state index contributed by atoms with van der Waals surface area (Å²) >= 11 is 1.32. The number of carbonyl (C=O) groups is 2. The van der Waals surface area contributed by atoms with Gasteiger partial charge in [0.15, 0.2) is 0 Å². The fraction of sp³-hybridized carbons (Fsp3) is 0.438. The Hall–Kier alpha value is -2.55. The van der Waals surface area contributed by atoms with Crippen molar-refractivity contribution in [2.24, 2.45) is 0 Å². The lowest BCUT2D eigenvalue weighted by molar-refractivity contribution is 0.0331. The topological polar surface area (TPSA) is 88.5 Å². The van der Waals surface area contributed by atoms with Crippen molar-refractivity contribution in [2.45, 2.75) is 32.4 Å². The summed E-state index contributed by atoms with van der Waals surface area (Å²) in [6.45, 7) is 6.34. The Bertz CT molecular complexity index is 787. The van der Waals surface area contributed by atoms with E-state index in [1.54, 1.807) is 19.2 Å². The maximum absolute atomic E-state index is 12.5. The first kappa shape index (κ1) is 17.3. The van der Waals surface area contributed by atoms with Gasteiger partial charge in [-0.25, -0.2) is 14.5 Å². The molecule has 1 atom stereocenters. The Labute approximate surface area is 149 Å². The average Bonchev–Trinajstić information content (AvgIpc) is 3.14. The first-order valence-corrected chi connectivity index (χ1v) is 8.58. The van der Waals surface area contributed by atoms with Crippen LogP contribution in [0.25, 0.3) is 0 Å². The van der Waals surface area contributed by atoms with Crippen molar-refractivity contribution in [3.63, 3.8) is 0 Å². The molecule has 1 aliphatic rings. The molecule has 0 radical (unpaired) electrons. The molecule has 0 N–H and O–H groups in total. The second-order valence-corrected chi connectivity index (χ2v) is 7.72. The predicted octanol–water partition coefficient (Wildman–Crippen LogP) is 2.29. The van der Waals surface area contributed by atoms with Crippen LogP contribution in [0.3, 0.4) is 0 Å². The third-order valence-corrected chi connectivity index (χ3v) is 5.02. The highest BCUT2D eigenvalue weighted by Crippen LogP contribution is 2.33. The Balaban J connectivity index is 1.84. The van der Waals surface area contributed by atoms with Gasteiger partial charge in [0, 0.05) is 24.9 Å². The van der Waals surface area contributed by atoms with Crippen LogP contribution in [0.15, 0.2) is 24.5 Å². The molecule has 2 aromatic rings. The molecule has 2 amide bonds. The molecule has 0 spiro atoms. The maximum atomic E-state index is 12.5. The van der Waals surface area contributed by atoms with Crippen LogP contribution in [-0.4, -0.2) is 51.9 Å². The summed E-state index contributed by atoms with van der Waals surface area (Å²) in [6, 6.07) is 2.86. The molecule has 8 nitrogen and oxygen atoms in total. The molecule has 3 rings (SSSR count). The molecule has 1 saturated heterocycles. The number of ether oxygens (including phenoxy) is 1. The van der Waals surface area contributed by atoms with E-state index < -0.39 is 12.2 Å². The summed E-state index contributed by atoms with van der Waals surface area (Å²) in [5, 5.41) is 9.53. The van der Waals surface area contributed by atoms with Gasteiger partial charge in [0.25, 0.3) is 0 Å². The first-order valence-electron chi connectivity index (χ1n) is 7.76. The van der Waals surface area contributed by atoms with E-state index in [1.807, 2.05) is 20.8 Å². The molecule has 0 aliphatic carbocycles. The van der Waals surface area contributed by atoms with Crippen LogP contribution in [-0.2, 0) is 10.2 Å². The van der Waals surface area contributed by atoms with Gasteiger partial charge in [-0.2, -0.15) is 0 Å². The van der Waals surface area contributed by atoms with Crippen molar-refractivity contribution in [2.75, 3.05) is 18.5 Å². The lowest BCUT2D eigenvalue weighted by atomic mass is 9.98. The number of hydrogen-bond acceptors (Lipinski definition) is 7. The summed E-state index contributed by atoms with van der Waals surface area (Å²) in [5.74, 6) is -0.513. The molecule has 0 bridgehead atoms. The van der Waals surface area contributed by atoms with Gasteiger partial charge < -0.3 is 9.64 Å². The minimum absolute atomic E-state index is 0.173. The zero-order valence-electron chi connectivity index (χ0n) is 14.5. The summed E-state index contributed by atoms with van der Waals surface area (Å²) in [7, 11) is 1.65. The summed E-state index contributed by atoms with van der Waals surface area (Å²) < 4.78 is 5.54. The number of pyridine rings is 1. The number of urea groups is 1. The van der Waals surface area contributed by atoms with Crippen LogP contribution >= 0.6 is 11.3 Å². The Kier molecular flexibility index (Phi) is 4.42. The van der Waals surface area contributed by atoms with Gasteiger partial charge >= 0.3 is 12.0 Å². The monoisotopic (exact) mass is 361 g/mol. The number of hydrogen-bond donors (Lipinski definition) is 0. The van der Waals surface area contributed by atoms with E-state index in [-0.39, 0.29) is 18.0 Å². The Morgan fingerprint density at radius 2 is 1.96 bits per heavy atom. The maximum Gasteiger partial charge on any atom is 0.340 e. The largest absolute Gasteiger partial charge is 0.435 e. The Morgan fingerprint density at radius 3 is 2.56 bits per heavy atom. The number of esters is 1. The van der Waals surface area contributed by atoms with Crippen LogP contribution in [0, 0.1) is 0 Å². The van der Waals surface area contributed by atoms with Gasteiger partial charge in [-0.15, -0.1) is 10.2 Å². The number of amides is 2. The minimum Gasteiger partial charge on any atom is -0.435 e. The highest BCUT2D eigenvalue weighted by molar-refractivity contribution is 7.15. The van der Waals surface area contributed by atoms with E-state index >= 15 is 0 Å². The van der Waals surface area contributed by atoms with Crippen molar-refractivity contribution in [3.8, 4) is 0 Å². The highest BCUT2D eigenvalue weighted by Gasteiger charge is 2.41. The van der Waals surface area contributed by atoms with Crippen molar-refractivity contribution in [1.82, 2.24) is 20.1 Å². The first-order chi connectivity index (χ1) is 11.8. The summed E-state index contributed by atoms with van der Waals surface area (Å²) in [4.78, 5) is 31.5. The number of rotatable bonds is 3. The second-order valence-electron chi connectivity index (χ2n) is 6.77. The van der Waals surface area contributed by atoms with Crippen molar-refractivity contribution in [1.29, 1.82) is 0 Å². The van der Waals surface area contributed by atoms with Crippen molar-refractivity contribution >= 4 is 28.5 Å². The molecule has 1 aliphatic heterocycles. The molecule has 25 heavy (non-hydrogen) atoms. The van der Waals surface area contributed by atoms with Crippen LogP contribution in [0.1, 0.15) is 36.1 Å². The van der Waals surface area contributed by atoms with Gasteiger partial charge in [-0.1, -0.05) is 32.1 Å². The van der Waals surface area contributed by atoms with E-state index in [4.69, 9.17) is 4.74 Å². The molecule has 132 valence electrons.